The molecular weight excluding hydrogens is 611 g/mol. The van der Waals surface area contributed by atoms with E-state index in [1.807, 2.05) is 44.3 Å². The van der Waals surface area contributed by atoms with Crippen LogP contribution in [0.3, 0.4) is 0 Å². The van der Waals surface area contributed by atoms with Gasteiger partial charge in [-0.1, -0.05) is 31.9 Å². The number of halogens is 3. The molecule has 0 spiro atoms. The fourth-order valence-electron chi connectivity index (χ4n) is 7.44. The Kier molecular flexibility index (Phi) is 9.31. The average molecular weight is 652 g/mol. The summed E-state index contributed by atoms with van der Waals surface area (Å²) in [6.45, 7) is 7.36. The Labute approximate surface area is 272 Å². The van der Waals surface area contributed by atoms with Gasteiger partial charge in [0.15, 0.2) is 0 Å². The van der Waals surface area contributed by atoms with E-state index in [0.29, 0.717) is 32.1 Å². The van der Waals surface area contributed by atoms with E-state index in [0.717, 1.165) is 28.3 Å². The minimum Gasteiger partial charge on any atom is -0.370 e. The molecule has 2 aromatic rings. The van der Waals surface area contributed by atoms with Gasteiger partial charge in [-0.2, -0.15) is 18.4 Å². The summed E-state index contributed by atoms with van der Waals surface area (Å²) in [5.41, 5.74) is 0.762. The lowest BCUT2D eigenvalue weighted by Crippen LogP contribution is -2.61. The number of piperidine rings is 1. The molecule has 2 N–H and O–H groups in total. The predicted octanol–water partition coefficient (Wildman–Crippen LogP) is 4.42. The minimum atomic E-state index is -5.21. The minimum absolute atomic E-state index is 0.0636. The van der Waals surface area contributed by atoms with Crippen LogP contribution in [-0.4, -0.2) is 70.2 Å². The first-order chi connectivity index (χ1) is 22.1. The summed E-state index contributed by atoms with van der Waals surface area (Å²) >= 11 is 0. The number of alkyl halides is 3. The fraction of sp³-hybridized carbons (Fsp3) is 0.571. The molecule has 6 atom stereocenters. The SMILES string of the molecule is C#Cc1cccc2cncc(CCCC(C#N)NC(=O)[C@@H]3[C@@H]4[C@H](CN3C(=O)[C@@H](NC(=O)C(F)(F)F)[C@@H](C)OC3(C)CCC3)C4(C)C)c12. The number of aromatic nitrogens is 1. The maximum atomic E-state index is 14.0. The first kappa shape index (κ1) is 34.2. The summed E-state index contributed by atoms with van der Waals surface area (Å²) in [5.74, 6) is -1.24. The van der Waals surface area contributed by atoms with Crippen molar-refractivity contribution in [3.8, 4) is 18.4 Å². The van der Waals surface area contributed by atoms with Gasteiger partial charge in [0.2, 0.25) is 11.8 Å². The summed E-state index contributed by atoms with van der Waals surface area (Å²) in [6.07, 6.45) is 6.52. The van der Waals surface area contributed by atoms with Gasteiger partial charge in [0.25, 0.3) is 0 Å². The van der Waals surface area contributed by atoms with Crippen LogP contribution >= 0.6 is 0 Å². The zero-order valence-electron chi connectivity index (χ0n) is 27.0. The number of hydrogen-bond acceptors (Lipinski definition) is 6. The molecule has 2 aliphatic carbocycles. The van der Waals surface area contributed by atoms with Gasteiger partial charge in [-0.15, -0.1) is 6.42 Å². The van der Waals surface area contributed by atoms with Gasteiger partial charge >= 0.3 is 12.1 Å². The molecule has 1 aliphatic heterocycles. The number of terminal acetylenes is 1. The zero-order chi connectivity index (χ0) is 34.3. The Morgan fingerprint density at radius 3 is 2.53 bits per heavy atom. The second-order valence-corrected chi connectivity index (χ2v) is 13.9. The van der Waals surface area contributed by atoms with Crippen molar-refractivity contribution in [3.05, 3.63) is 41.7 Å². The van der Waals surface area contributed by atoms with Crippen LogP contribution in [0, 0.1) is 40.9 Å². The van der Waals surface area contributed by atoms with Crippen molar-refractivity contribution in [3.63, 3.8) is 0 Å². The van der Waals surface area contributed by atoms with Gasteiger partial charge in [0.05, 0.1) is 17.8 Å². The number of benzene rings is 1. The third kappa shape index (κ3) is 6.80. The van der Waals surface area contributed by atoms with E-state index in [-0.39, 0.29) is 23.8 Å². The number of carbonyl (C=O) groups is 3. The molecule has 2 heterocycles. The Morgan fingerprint density at radius 2 is 1.91 bits per heavy atom. The van der Waals surface area contributed by atoms with Crippen LogP contribution in [0.5, 0.6) is 0 Å². The van der Waals surface area contributed by atoms with Gasteiger partial charge in [-0.25, -0.2) is 0 Å². The molecule has 250 valence electrons. The first-order valence-electron chi connectivity index (χ1n) is 16.0. The summed E-state index contributed by atoms with van der Waals surface area (Å²) in [4.78, 5) is 45.4. The number of nitriles is 1. The van der Waals surface area contributed by atoms with Crippen molar-refractivity contribution in [2.45, 2.75) is 102 Å². The molecule has 2 saturated carbocycles. The molecule has 1 unspecified atom stereocenters. The molecular formula is C35H40F3N5O4. The molecule has 3 amide bonds. The topological polar surface area (TPSA) is 124 Å². The van der Waals surface area contributed by atoms with Crippen molar-refractivity contribution in [1.82, 2.24) is 20.5 Å². The van der Waals surface area contributed by atoms with E-state index in [2.05, 4.69) is 22.3 Å². The zero-order valence-corrected chi connectivity index (χ0v) is 27.0. The molecule has 5 rings (SSSR count). The van der Waals surface area contributed by atoms with Crippen LogP contribution in [0.1, 0.15) is 70.9 Å². The standard InChI is InChI=1S/C35H40F3N5O4/c1-6-21-10-7-11-22-17-40-18-23(26(21)22)12-8-13-24(16-39)41-30(44)29-27-25(33(27,3)4)19-43(29)31(45)28(42-32(46)35(36,37)38)20(2)47-34(5)14-9-15-34/h1,7,10-11,17-18,20,24-25,27-29H,8-9,12-15,19H2,2-5H3,(H,41,44)(H,42,46)/t20-,24?,25+,27+,28+,29+/m1/s1. The van der Waals surface area contributed by atoms with Crippen LogP contribution in [0.15, 0.2) is 30.6 Å². The van der Waals surface area contributed by atoms with Gasteiger partial charge in [0, 0.05) is 35.3 Å². The van der Waals surface area contributed by atoms with Crippen molar-refractivity contribution in [2.75, 3.05) is 6.54 Å². The third-order valence-electron chi connectivity index (χ3n) is 10.3. The Bertz CT molecular complexity index is 1630. The smallest absolute Gasteiger partial charge is 0.370 e. The fourth-order valence-corrected chi connectivity index (χ4v) is 7.44. The number of aryl methyl sites for hydroxylation is 1. The average Bonchev–Trinajstić information content (AvgIpc) is 3.32. The molecule has 3 fully saturated rings. The number of nitrogens with one attached hydrogen (secondary N) is 2. The van der Waals surface area contributed by atoms with Crippen LogP contribution in [0.25, 0.3) is 10.8 Å². The van der Waals surface area contributed by atoms with Crippen molar-refractivity contribution in [2.24, 2.45) is 17.3 Å². The van der Waals surface area contributed by atoms with Crippen LogP contribution < -0.4 is 10.6 Å². The quantitative estimate of drug-likeness (QED) is 0.347. The summed E-state index contributed by atoms with van der Waals surface area (Å²) in [6, 6.07) is 4.21. The molecule has 0 radical (unpaired) electrons. The van der Waals surface area contributed by atoms with Gasteiger partial charge in [-0.3, -0.25) is 19.4 Å². The number of rotatable bonds is 11. The number of amides is 3. The predicted molar refractivity (Wildman–Crippen MR) is 167 cm³/mol. The molecule has 9 nitrogen and oxygen atoms in total. The van der Waals surface area contributed by atoms with Crippen molar-refractivity contribution >= 4 is 28.5 Å². The monoisotopic (exact) mass is 651 g/mol. The molecule has 1 aromatic heterocycles. The van der Waals surface area contributed by atoms with Crippen molar-refractivity contribution < 1.29 is 32.3 Å². The van der Waals surface area contributed by atoms with E-state index in [9.17, 15) is 32.8 Å². The maximum Gasteiger partial charge on any atom is 0.471 e. The summed E-state index contributed by atoms with van der Waals surface area (Å²) in [5, 5.41) is 16.4. The highest BCUT2D eigenvalue weighted by Crippen LogP contribution is 2.65. The number of carbonyl (C=O) groups excluding carboxylic acids is 3. The summed E-state index contributed by atoms with van der Waals surface area (Å²) < 4.78 is 46.0. The molecule has 12 heteroatoms. The number of nitrogens with zero attached hydrogens (tertiary/aromatic N) is 3. The Hall–Kier alpha value is -4.16. The van der Waals surface area contributed by atoms with Gasteiger partial charge in [-0.05, 0) is 81.3 Å². The Balaban J connectivity index is 1.30. The molecule has 3 aliphatic rings. The molecule has 47 heavy (non-hydrogen) atoms. The van der Waals surface area contributed by atoms with Crippen molar-refractivity contribution in [1.29, 1.82) is 5.26 Å². The van der Waals surface area contributed by atoms with E-state index in [1.54, 1.807) is 12.4 Å². The van der Waals surface area contributed by atoms with Crippen LogP contribution in [-0.2, 0) is 25.5 Å². The van der Waals surface area contributed by atoms with E-state index in [4.69, 9.17) is 11.2 Å². The highest BCUT2D eigenvalue weighted by atomic mass is 19.4. The lowest BCUT2D eigenvalue weighted by molar-refractivity contribution is -0.180. The highest BCUT2D eigenvalue weighted by Gasteiger charge is 2.70. The normalized spacial score (nSPS) is 24.1. The lowest BCUT2D eigenvalue weighted by atomic mass is 9.81. The lowest BCUT2D eigenvalue weighted by Gasteiger charge is -2.43. The largest absolute Gasteiger partial charge is 0.471 e. The second-order valence-electron chi connectivity index (χ2n) is 13.9. The third-order valence-corrected chi connectivity index (χ3v) is 10.3. The van der Waals surface area contributed by atoms with Crippen LogP contribution in [0.4, 0.5) is 13.2 Å². The second kappa shape index (κ2) is 12.8. The summed E-state index contributed by atoms with van der Waals surface area (Å²) in [7, 11) is 0. The highest BCUT2D eigenvalue weighted by molar-refractivity contribution is 5.95. The number of hydrogen-bond donors (Lipinski definition) is 2. The van der Waals surface area contributed by atoms with Gasteiger partial charge in [0.1, 0.15) is 18.1 Å². The van der Waals surface area contributed by atoms with Gasteiger partial charge < -0.3 is 20.3 Å². The number of ether oxygens (including phenoxy) is 1. The maximum absolute atomic E-state index is 14.0. The Morgan fingerprint density at radius 1 is 1.19 bits per heavy atom. The van der Waals surface area contributed by atoms with E-state index >= 15 is 0 Å². The molecule has 1 saturated heterocycles. The number of pyridine rings is 1. The number of fused-ring (bicyclic) bond motifs is 2. The van der Waals surface area contributed by atoms with Crippen LogP contribution in [0.2, 0.25) is 0 Å². The number of likely N-dealkylation sites (tertiary alicyclic amines) is 1. The molecule has 0 bridgehead atoms. The van der Waals surface area contributed by atoms with E-state index < -0.39 is 53.7 Å². The first-order valence-corrected chi connectivity index (χ1v) is 16.0. The molecule has 1 aromatic carbocycles. The van der Waals surface area contributed by atoms with E-state index in [1.165, 1.54) is 11.8 Å².